The lowest BCUT2D eigenvalue weighted by Gasteiger charge is -2.30. The standard InChI is InChI=1S/C22H23F2N9O10P2/c23-10-14(32-6-30-12-17(25)26-4-27-18(12)32)8-1-22(8)3-40-45(37,38)42-15-9(2-39-44(35,36)43-16(10)22)41-21(11(15)24)33-7-31-13-19(33)28-5-29-20(13)34/h4-11,14-16,21H,1-3H2,(H,35,36)(H,37,38)(H2,25,26,27)(H,28,29,34). The number of phosphoric acid groups is 2. The summed E-state index contributed by atoms with van der Waals surface area (Å²) in [5, 5.41) is 0. The van der Waals surface area contributed by atoms with E-state index in [2.05, 4.69) is 29.9 Å². The SMILES string of the molecule is Nc1ncnc2c1ncn2C1C(F)C2OP(=O)(O)OCC3OC(n4cnc5c(=O)[nH]cnc54)C(F)C3OP(=O)(O)OCC23CC13. The van der Waals surface area contributed by atoms with E-state index >= 15 is 8.78 Å². The highest BCUT2D eigenvalue weighted by Crippen LogP contribution is 2.72. The fourth-order valence-corrected chi connectivity index (χ4v) is 8.69. The molecule has 4 fully saturated rings. The summed E-state index contributed by atoms with van der Waals surface area (Å²) in [5.41, 5.74) is 4.09. The molecular weight excluding hydrogens is 650 g/mol. The number of nitrogens with zero attached hydrogens (tertiary/aromatic N) is 7. The molecule has 2 saturated carbocycles. The van der Waals surface area contributed by atoms with Gasteiger partial charge in [0.05, 0.1) is 38.2 Å². The molecule has 23 heteroatoms. The highest BCUT2D eigenvalue weighted by atomic mass is 31.2. The number of hydrogen-bond donors (Lipinski definition) is 4. The number of hydrogen-bond acceptors (Lipinski definition) is 14. The maximum atomic E-state index is 16.2. The number of aromatic nitrogens is 8. The van der Waals surface area contributed by atoms with Gasteiger partial charge < -0.3 is 29.8 Å². The Labute approximate surface area is 248 Å². The van der Waals surface area contributed by atoms with Gasteiger partial charge in [-0.2, -0.15) is 0 Å². The Bertz CT molecular complexity index is 1990. The van der Waals surface area contributed by atoms with Gasteiger partial charge in [0.15, 0.2) is 35.0 Å². The predicted octanol–water partition coefficient (Wildman–Crippen LogP) is 0.694. The summed E-state index contributed by atoms with van der Waals surface area (Å²) in [4.78, 5) is 55.8. The second-order valence-corrected chi connectivity index (χ2v) is 14.0. The van der Waals surface area contributed by atoms with Crippen molar-refractivity contribution in [2.45, 2.75) is 49.3 Å². The van der Waals surface area contributed by atoms with Crippen LogP contribution in [-0.4, -0.2) is 92.7 Å². The van der Waals surface area contributed by atoms with Crippen molar-refractivity contribution in [1.82, 2.24) is 39.0 Å². The number of H-pyrrole nitrogens is 1. The Morgan fingerprint density at radius 2 is 1.71 bits per heavy atom. The van der Waals surface area contributed by atoms with E-state index in [0.29, 0.717) is 0 Å². The van der Waals surface area contributed by atoms with Crippen molar-refractivity contribution in [2.24, 2.45) is 11.3 Å². The first kappa shape index (κ1) is 29.2. The number of halogens is 2. The average Bonchev–Trinajstić information content (AvgIpc) is 3.27. The van der Waals surface area contributed by atoms with Crippen LogP contribution in [0.25, 0.3) is 22.3 Å². The molecule has 2 saturated heterocycles. The Morgan fingerprint density at radius 3 is 2.53 bits per heavy atom. The van der Waals surface area contributed by atoms with Crippen molar-refractivity contribution >= 4 is 43.8 Å². The minimum Gasteiger partial charge on any atom is -0.382 e. The first-order valence-corrected chi connectivity index (χ1v) is 16.5. The fourth-order valence-electron chi connectivity index (χ4n) is 6.66. The largest absolute Gasteiger partial charge is 0.472 e. The quantitative estimate of drug-likeness (QED) is 0.214. The van der Waals surface area contributed by atoms with Gasteiger partial charge in [-0.3, -0.25) is 27.5 Å². The van der Waals surface area contributed by atoms with Crippen LogP contribution in [0.5, 0.6) is 0 Å². The van der Waals surface area contributed by atoms with Crippen LogP contribution in [0.1, 0.15) is 18.7 Å². The molecule has 4 aliphatic rings. The number of phosphoric ester groups is 2. The molecule has 2 aliphatic heterocycles. The number of alkyl halides is 2. The summed E-state index contributed by atoms with van der Waals surface area (Å²) >= 11 is 0. The molecule has 8 rings (SSSR count). The first-order chi connectivity index (χ1) is 21.4. The molecule has 4 aromatic heterocycles. The maximum Gasteiger partial charge on any atom is 0.472 e. The Kier molecular flexibility index (Phi) is 6.40. The van der Waals surface area contributed by atoms with E-state index in [1.165, 1.54) is 17.2 Å². The topological polar surface area (TPSA) is 254 Å². The molecule has 0 amide bonds. The highest BCUT2D eigenvalue weighted by Gasteiger charge is 2.75. The van der Waals surface area contributed by atoms with E-state index in [-0.39, 0.29) is 34.6 Å². The number of rotatable bonds is 2. The van der Waals surface area contributed by atoms with E-state index in [9.17, 15) is 23.7 Å². The smallest absolute Gasteiger partial charge is 0.382 e. The van der Waals surface area contributed by atoms with Gasteiger partial charge in [0.2, 0.25) is 0 Å². The second-order valence-electron chi connectivity index (χ2n) is 11.2. The molecule has 4 aromatic rings. The summed E-state index contributed by atoms with van der Waals surface area (Å²) in [5.74, 6) is -0.581. The lowest BCUT2D eigenvalue weighted by atomic mass is 10.0. The number of nitrogens with two attached hydrogens (primary N) is 1. The highest BCUT2D eigenvalue weighted by molar-refractivity contribution is 7.47. The van der Waals surface area contributed by atoms with Gasteiger partial charge in [-0.25, -0.2) is 42.8 Å². The van der Waals surface area contributed by atoms with Crippen molar-refractivity contribution in [2.75, 3.05) is 18.9 Å². The Morgan fingerprint density at radius 1 is 0.978 bits per heavy atom. The van der Waals surface area contributed by atoms with Gasteiger partial charge in [-0.1, -0.05) is 0 Å². The molecule has 240 valence electrons. The van der Waals surface area contributed by atoms with E-state index in [1.807, 2.05) is 0 Å². The summed E-state index contributed by atoms with van der Waals surface area (Å²) in [6.07, 6.45) is -6.15. The summed E-state index contributed by atoms with van der Waals surface area (Å²) < 4.78 is 87.6. The monoisotopic (exact) mass is 673 g/mol. The zero-order valence-electron chi connectivity index (χ0n) is 22.6. The molecule has 19 nitrogen and oxygen atoms in total. The van der Waals surface area contributed by atoms with E-state index in [4.69, 9.17) is 28.6 Å². The molecule has 1 spiro atoms. The van der Waals surface area contributed by atoms with Gasteiger partial charge in [0, 0.05) is 5.41 Å². The average molecular weight is 673 g/mol. The number of nitrogen functional groups attached to an aromatic ring is 1. The third-order valence-electron chi connectivity index (χ3n) is 8.79. The molecule has 5 N–H and O–H groups in total. The zero-order valence-corrected chi connectivity index (χ0v) is 24.4. The number of ether oxygens (including phenoxy) is 1. The van der Waals surface area contributed by atoms with Crippen LogP contribution >= 0.6 is 15.6 Å². The predicted molar refractivity (Wildman–Crippen MR) is 142 cm³/mol. The number of imidazole rings is 2. The van der Waals surface area contributed by atoms with Crippen LogP contribution < -0.4 is 11.3 Å². The maximum absolute atomic E-state index is 16.2. The van der Waals surface area contributed by atoms with Crippen molar-refractivity contribution in [1.29, 1.82) is 0 Å². The third-order valence-corrected chi connectivity index (χ3v) is 10.7. The van der Waals surface area contributed by atoms with E-state index < -0.39 is 88.7 Å². The Balaban J connectivity index is 1.11. The molecule has 0 bridgehead atoms. The van der Waals surface area contributed by atoms with Crippen LogP contribution in [0.2, 0.25) is 0 Å². The number of fused-ring (bicyclic) bond motifs is 3. The van der Waals surface area contributed by atoms with Crippen molar-refractivity contribution in [3.63, 3.8) is 0 Å². The summed E-state index contributed by atoms with van der Waals surface area (Å²) in [7, 11) is -10.2. The molecular formula is C22H23F2N9O10P2. The van der Waals surface area contributed by atoms with Crippen molar-refractivity contribution < 1.29 is 50.5 Å². The minimum absolute atomic E-state index is 0.0580. The molecule has 0 aromatic carbocycles. The molecule has 11 atom stereocenters. The minimum atomic E-state index is -5.08. The van der Waals surface area contributed by atoms with Crippen LogP contribution in [0.4, 0.5) is 14.6 Å². The molecule has 2 aliphatic carbocycles. The molecule has 11 unspecified atom stereocenters. The second kappa shape index (κ2) is 9.87. The molecule has 45 heavy (non-hydrogen) atoms. The molecule has 6 heterocycles. The van der Waals surface area contributed by atoms with Crippen LogP contribution in [-0.2, 0) is 32.0 Å². The van der Waals surface area contributed by atoms with Gasteiger partial charge >= 0.3 is 15.6 Å². The first-order valence-electron chi connectivity index (χ1n) is 13.5. The zero-order chi connectivity index (χ0) is 31.5. The van der Waals surface area contributed by atoms with Gasteiger partial charge in [-0.15, -0.1) is 0 Å². The van der Waals surface area contributed by atoms with Crippen LogP contribution in [0.15, 0.2) is 30.1 Å². The van der Waals surface area contributed by atoms with Crippen LogP contribution in [0.3, 0.4) is 0 Å². The fraction of sp³-hybridized carbons (Fsp3) is 0.545. The number of nitrogens with one attached hydrogen (secondary N) is 1. The van der Waals surface area contributed by atoms with E-state index in [1.54, 1.807) is 0 Å². The van der Waals surface area contributed by atoms with Gasteiger partial charge in [0.1, 0.15) is 36.3 Å². The summed E-state index contributed by atoms with van der Waals surface area (Å²) in [6, 6.07) is -1.05. The molecule has 0 radical (unpaired) electrons. The lowest BCUT2D eigenvalue weighted by Crippen LogP contribution is -2.38. The van der Waals surface area contributed by atoms with E-state index in [0.717, 1.165) is 17.2 Å². The third kappa shape index (κ3) is 4.49. The number of aromatic amines is 1. The lowest BCUT2D eigenvalue weighted by molar-refractivity contribution is -0.0591. The van der Waals surface area contributed by atoms with Gasteiger partial charge in [-0.05, 0) is 12.3 Å². The van der Waals surface area contributed by atoms with Gasteiger partial charge in [0.25, 0.3) is 5.56 Å². The normalized spacial score (nSPS) is 41.7. The number of anilines is 1. The van der Waals surface area contributed by atoms with Crippen molar-refractivity contribution in [3.05, 3.63) is 35.7 Å². The van der Waals surface area contributed by atoms with Crippen molar-refractivity contribution in [3.8, 4) is 0 Å². The van der Waals surface area contributed by atoms with Crippen LogP contribution in [0, 0.1) is 11.3 Å². The Hall–Kier alpha value is -3.26. The summed E-state index contributed by atoms with van der Waals surface area (Å²) in [6.45, 7) is -1.55.